The molecule has 0 spiro atoms. The van der Waals surface area contributed by atoms with Gasteiger partial charge in [-0.25, -0.2) is 9.78 Å². The minimum atomic E-state index is -0.588. The number of morpholine rings is 1. The molecule has 0 bridgehead atoms. The van der Waals surface area contributed by atoms with Gasteiger partial charge in [-0.05, 0) is 24.3 Å². The van der Waals surface area contributed by atoms with Gasteiger partial charge in [0.05, 0.1) is 30.8 Å². The molecule has 11 nitrogen and oxygen atoms in total. The number of benzene rings is 1. The molecule has 0 radical (unpaired) electrons. The number of rotatable bonds is 8. The van der Waals surface area contributed by atoms with E-state index in [1.807, 2.05) is 0 Å². The molecule has 0 unspecified atom stereocenters. The fraction of sp³-hybridized carbons (Fsp3) is 0.389. The van der Waals surface area contributed by atoms with Crippen molar-refractivity contribution in [2.75, 3.05) is 51.8 Å². The quantitative estimate of drug-likeness (QED) is 0.395. The maximum atomic E-state index is 11.6. The Balaban J connectivity index is 1.70. The van der Waals surface area contributed by atoms with Crippen molar-refractivity contribution in [3.05, 3.63) is 46.3 Å². The number of anilines is 1. The molecule has 11 heteroatoms. The number of methoxy groups -OCH3 is 1. The molecule has 154 valence electrons. The molecule has 1 fully saturated rings. The highest BCUT2D eigenvalue weighted by atomic mass is 16.6. The van der Waals surface area contributed by atoms with E-state index in [2.05, 4.69) is 24.9 Å². The summed E-state index contributed by atoms with van der Waals surface area (Å²) in [6, 6.07) is 6.00. The van der Waals surface area contributed by atoms with E-state index in [0.29, 0.717) is 37.6 Å². The Morgan fingerprint density at radius 3 is 2.66 bits per heavy atom. The summed E-state index contributed by atoms with van der Waals surface area (Å²) in [4.78, 5) is 32.6. The minimum absolute atomic E-state index is 0.0828. The van der Waals surface area contributed by atoms with Gasteiger partial charge < -0.3 is 19.5 Å². The summed E-state index contributed by atoms with van der Waals surface area (Å²) in [5.41, 5.74) is -0.0194. The minimum Gasteiger partial charge on any atom is -0.465 e. The Morgan fingerprint density at radius 1 is 1.28 bits per heavy atom. The average Bonchev–Trinajstić information content (AvgIpc) is 2.74. The molecule has 2 aromatic rings. The van der Waals surface area contributed by atoms with Crippen LogP contribution in [0, 0.1) is 10.1 Å². The zero-order chi connectivity index (χ0) is 20.6. The van der Waals surface area contributed by atoms with E-state index in [-0.39, 0.29) is 17.4 Å². The lowest BCUT2D eigenvalue weighted by Crippen LogP contribution is -2.39. The van der Waals surface area contributed by atoms with Gasteiger partial charge in [-0.2, -0.15) is 4.98 Å². The SMILES string of the molecule is COC(=O)c1ccc(Oc2ncnc(NCCN3CCOCC3)c2[N+](=O)[O-])cc1. The third-order valence-corrected chi connectivity index (χ3v) is 4.29. The normalized spacial score (nSPS) is 14.2. The van der Waals surface area contributed by atoms with Gasteiger partial charge >= 0.3 is 17.5 Å². The lowest BCUT2D eigenvalue weighted by atomic mass is 10.2. The van der Waals surface area contributed by atoms with Gasteiger partial charge in [0.2, 0.25) is 5.82 Å². The number of carbonyl (C=O) groups excluding carboxylic acids is 1. The molecule has 0 saturated carbocycles. The number of nitro groups is 1. The van der Waals surface area contributed by atoms with Crippen LogP contribution in [0.5, 0.6) is 11.6 Å². The number of ether oxygens (including phenoxy) is 3. The van der Waals surface area contributed by atoms with Crippen molar-refractivity contribution in [1.29, 1.82) is 0 Å². The van der Waals surface area contributed by atoms with Crippen molar-refractivity contribution in [3.8, 4) is 11.6 Å². The van der Waals surface area contributed by atoms with Gasteiger partial charge in [0.15, 0.2) is 0 Å². The van der Waals surface area contributed by atoms with Crippen LogP contribution in [0.2, 0.25) is 0 Å². The van der Waals surface area contributed by atoms with E-state index in [0.717, 1.165) is 13.1 Å². The number of hydrogen-bond acceptors (Lipinski definition) is 10. The van der Waals surface area contributed by atoms with Crippen molar-refractivity contribution in [2.24, 2.45) is 0 Å². The van der Waals surface area contributed by atoms with E-state index in [1.165, 1.54) is 37.7 Å². The Bertz CT molecular complexity index is 854. The molecule has 2 heterocycles. The Labute approximate surface area is 166 Å². The topological polar surface area (TPSA) is 129 Å². The van der Waals surface area contributed by atoms with Crippen LogP contribution in [0.25, 0.3) is 0 Å². The van der Waals surface area contributed by atoms with Gasteiger partial charge in [-0.15, -0.1) is 0 Å². The van der Waals surface area contributed by atoms with Gasteiger partial charge in [-0.3, -0.25) is 15.0 Å². The second kappa shape index (κ2) is 9.75. The number of hydrogen-bond donors (Lipinski definition) is 1. The predicted molar refractivity (Wildman–Crippen MR) is 102 cm³/mol. The highest BCUT2D eigenvalue weighted by Crippen LogP contribution is 2.33. The fourth-order valence-electron chi connectivity index (χ4n) is 2.78. The highest BCUT2D eigenvalue weighted by Gasteiger charge is 2.25. The van der Waals surface area contributed by atoms with E-state index < -0.39 is 10.9 Å². The zero-order valence-electron chi connectivity index (χ0n) is 15.9. The van der Waals surface area contributed by atoms with Crippen LogP contribution in [0.3, 0.4) is 0 Å². The van der Waals surface area contributed by atoms with Crippen LogP contribution in [-0.2, 0) is 9.47 Å². The molecule has 0 amide bonds. The van der Waals surface area contributed by atoms with E-state index in [4.69, 9.17) is 9.47 Å². The Morgan fingerprint density at radius 2 is 2.00 bits per heavy atom. The third-order valence-electron chi connectivity index (χ3n) is 4.29. The van der Waals surface area contributed by atoms with Crippen LogP contribution in [0.1, 0.15) is 10.4 Å². The second-order valence-corrected chi connectivity index (χ2v) is 6.13. The summed E-state index contributed by atoms with van der Waals surface area (Å²) in [6.07, 6.45) is 1.20. The smallest absolute Gasteiger partial charge is 0.373 e. The first-order valence-corrected chi connectivity index (χ1v) is 8.98. The molecule has 0 aliphatic carbocycles. The van der Waals surface area contributed by atoms with Gasteiger partial charge in [0.1, 0.15) is 12.1 Å². The van der Waals surface area contributed by atoms with Crippen molar-refractivity contribution in [3.63, 3.8) is 0 Å². The average molecular weight is 403 g/mol. The molecule has 3 rings (SSSR count). The molecule has 1 N–H and O–H groups in total. The van der Waals surface area contributed by atoms with E-state index in [1.54, 1.807) is 0 Å². The lowest BCUT2D eigenvalue weighted by molar-refractivity contribution is -0.385. The van der Waals surface area contributed by atoms with Crippen molar-refractivity contribution in [1.82, 2.24) is 14.9 Å². The number of nitrogens with zero attached hydrogens (tertiary/aromatic N) is 4. The summed E-state index contributed by atoms with van der Waals surface area (Å²) < 4.78 is 15.5. The summed E-state index contributed by atoms with van der Waals surface area (Å²) in [6.45, 7) is 4.19. The standard InChI is InChI=1S/C18H21N5O6/c1-27-18(24)13-2-4-14(5-3-13)29-17-15(23(25)26)16(20-12-21-17)19-6-7-22-8-10-28-11-9-22/h2-5,12H,6-11H2,1H3,(H,19,20,21). The van der Waals surface area contributed by atoms with Gasteiger partial charge in [0.25, 0.3) is 0 Å². The summed E-state index contributed by atoms with van der Waals surface area (Å²) in [5, 5.41) is 14.6. The molecule has 29 heavy (non-hydrogen) atoms. The molecule has 1 aromatic carbocycles. The monoisotopic (exact) mass is 403 g/mol. The van der Waals surface area contributed by atoms with Gasteiger partial charge in [0, 0.05) is 26.2 Å². The second-order valence-electron chi connectivity index (χ2n) is 6.13. The highest BCUT2D eigenvalue weighted by molar-refractivity contribution is 5.89. The number of esters is 1. The van der Waals surface area contributed by atoms with Crippen LogP contribution in [0.15, 0.2) is 30.6 Å². The van der Waals surface area contributed by atoms with Crippen LogP contribution >= 0.6 is 0 Å². The number of carbonyl (C=O) groups is 1. The first kappa shape index (κ1) is 20.4. The van der Waals surface area contributed by atoms with Crippen LogP contribution in [0.4, 0.5) is 11.5 Å². The van der Waals surface area contributed by atoms with Crippen molar-refractivity contribution >= 4 is 17.5 Å². The van der Waals surface area contributed by atoms with E-state index in [9.17, 15) is 14.9 Å². The van der Waals surface area contributed by atoms with Gasteiger partial charge in [-0.1, -0.05) is 0 Å². The molecule has 1 saturated heterocycles. The molecule has 0 atom stereocenters. The maximum Gasteiger partial charge on any atom is 0.373 e. The van der Waals surface area contributed by atoms with E-state index >= 15 is 0 Å². The molecule has 1 aliphatic heterocycles. The lowest BCUT2D eigenvalue weighted by Gasteiger charge is -2.26. The largest absolute Gasteiger partial charge is 0.465 e. The maximum absolute atomic E-state index is 11.6. The predicted octanol–water partition coefficient (Wildman–Crippen LogP) is 1.71. The third kappa shape index (κ3) is 5.36. The van der Waals surface area contributed by atoms with Crippen molar-refractivity contribution in [2.45, 2.75) is 0 Å². The first-order valence-electron chi connectivity index (χ1n) is 8.98. The Hall–Kier alpha value is -3.31. The molecule has 1 aromatic heterocycles. The van der Waals surface area contributed by atoms with Crippen LogP contribution < -0.4 is 10.1 Å². The van der Waals surface area contributed by atoms with Crippen molar-refractivity contribution < 1.29 is 23.9 Å². The fourth-order valence-corrected chi connectivity index (χ4v) is 2.78. The molecular formula is C18H21N5O6. The summed E-state index contributed by atoms with van der Waals surface area (Å²) in [5.74, 6) is -0.306. The summed E-state index contributed by atoms with van der Waals surface area (Å²) in [7, 11) is 1.28. The number of aromatic nitrogens is 2. The zero-order valence-corrected chi connectivity index (χ0v) is 15.9. The number of nitrogens with one attached hydrogen (secondary N) is 1. The molecular weight excluding hydrogens is 382 g/mol. The summed E-state index contributed by atoms with van der Waals surface area (Å²) >= 11 is 0. The Kier molecular flexibility index (Phi) is 6.87. The first-order chi connectivity index (χ1) is 14.1. The molecule has 1 aliphatic rings. The van der Waals surface area contributed by atoms with Crippen LogP contribution in [-0.4, -0.2) is 72.3 Å².